The number of nitrogens with zero attached hydrogens (tertiary/aromatic N) is 2. The maximum atomic E-state index is 13.4. The van der Waals surface area contributed by atoms with Gasteiger partial charge >= 0.3 is 5.97 Å². The van der Waals surface area contributed by atoms with Gasteiger partial charge in [-0.2, -0.15) is 0 Å². The van der Waals surface area contributed by atoms with Crippen molar-refractivity contribution < 1.29 is 35.9 Å². The summed E-state index contributed by atoms with van der Waals surface area (Å²) in [4.78, 5) is 25.9. The van der Waals surface area contributed by atoms with E-state index in [2.05, 4.69) is 4.57 Å². The predicted octanol–water partition coefficient (Wildman–Crippen LogP) is 1.64. The fourth-order valence-electron chi connectivity index (χ4n) is 6.12. The summed E-state index contributed by atoms with van der Waals surface area (Å²) in [6.45, 7) is 2.44. The van der Waals surface area contributed by atoms with E-state index in [-0.39, 0.29) is 54.0 Å². The predicted molar refractivity (Wildman–Crippen MR) is 145 cm³/mol. The number of esters is 1. The number of carbonyl (C=O) groups is 2. The van der Waals surface area contributed by atoms with Gasteiger partial charge in [-0.1, -0.05) is 91.0 Å². The summed E-state index contributed by atoms with van der Waals surface area (Å²) in [7, 11) is 0. The Balaban J connectivity index is 0.00000353. The summed E-state index contributed by atoms with van der Waals surface area (Å²) in [5, 5.41) is 0. The van der Waals surface area contributed by atoms with E-state index in [1.807, 2.05) is 115 Å². The van der Waals surface area contributed by atoms with Crippen molar-refractivity contribution in [1.29, 1.82) is 0 Å². The second-order valence-electron chi connectivity index (χ2n) is 10.1. The van der Waals surface area contributed by atoms with Crippen LogP contribution >= 0.6 is 0 Å². The Morgan fingerprint density at radius 1 is 0.923 bits per heavy atom. The minimum absolute atomic E-state index is 0. The van der Waals surface area contributed by atoms with Crippen molar-refractivity contribution in [3.63, 3.8) is 0 Å². The van der Waals surface area contributed by atoms with E-state index in [1.165, 1.54) is 0 Å². The molecule has 3 aromatic carbocycles. The molecule has 0 spiro atoms. The van der Waals surface area contributed by atoms with Crippen LogP contribution in [0.15, 0.2) is 103 Å². The number of aromatic nitrogens is 2. The number of primary amides is 1. The topological polar surface area (TPSA) is 78.2 Å². The van der Waals surface area contributed by atoms with Gasteiger partial charge in [0.1, 0.15) is 30.5 Å². The molecule has 1 aliphatic carbocycles. The van der Waals surface area contributed by atoms with Crippen LogP contribution in [0, 0.1) is 12.8 Å². The number of nitrogens with two attached hydrogens (primary N) is 1. The van der Waals surface area contributed by atoms with Gasteiger partial charge in [0.25, 0.3) is 5.82 Å². The first kappa shape index (κ1) is 28.3. The summed E-state index contributed by atoms with van der Waals surface area (Å²) in [5.41, 5.74) is 8.19. The van der Waals surface area contributed by atoms with Gasteiger partial charge < -0.3 is 27.5 Å². The van der Waals surface area contributed by atoms with Crippen LogP contribution in [0.1, 0.15) is 47.8 Å². The minimum atomic E-state index is -0.907. The SMILES string of the molecule is Cc1n(C2CCC(C(C(N)=O)(c3ccccc3)c3ccccc3)C2)cc[n+]1CC(=O)OCc1ccccc1.[Br-]. The molecule has 1 saturated carbocycles. The van der Waals surface area contributed by atoms with E-state index in [4.69, 9.17) is 10.5 Å². The average molecular weight is 589 g/mol. The van der Waals surface area contributed by atoms with Crippen molar-refractivity contribution in [2.24, 2.45) is 11.7 Å². The van der Waals surface area contributed by atoms with Crippen LogP contribution in [-0.2, 0) is 32.9 Å². The fourth-order valence-corrected chi connectivity index (χ4v) is 6.12. The number of imidazole rings is 1. The van der Waals surface area contributed by atoms with E-state index in [1.54, 1.807) is 0 Å². The highest BCUT2D eigenvalue weighted by atomic mass is 79.9. The van der Waals surface area contributed by atoms with E-state index in [9.17, 15) is 9.59 Å². The third-order valence-corrected chi connectivity index (χ3v) is 8.00. The van der Waals surface area contributed by atoms with Crippen LogP contribution in [0.3, 0.4) is 0 Å². The van der Waals surface area contributed by atoms with Gasteiger partial charge in [-0.05, 0) is 41.9 Å². The van der Waals surface area contributed by atoms with Crippen molar-refractivity contribution in [3.05, 3.63) is 126 Å². The molecule has 0 aliphatic heterocycles. The number of hydrogen-bond acceptors (Lipinski definition) is 3. The van der Waals surface area contributed by atoms with Crippen molar-refractivity contribution >= 4 is 11.9 Å². The number of carbonyl (C=O) groups excluding carboxylic acids is 2. The van der Waals surface area contributed by atoms with Gasteiger partial charge in [0.05, 0.1) is 0 Å². The lowest BCUT2D eigenvalue weighted by atomic mass is 9.64. The molecule has 1 fully saturated rings. The Hall–Kier alpha value is -3.71. The lowest BCUT2D eigenvalue weighted by Crippen LogP contribution is -3.00. The molecule has 4 aromatic rings. The molecule has 1 aromatic heterocycles. The zero-order valence-electron chi connectivity index (χ0n) is 22.1. The molecule has 6 nitrogen and oxygen atoms in total. The molecule has 2 unspecified atom stereocenters. The summed E-state index contributed by atoms with van der Waals surface area (Å²) < 4.78 is 9.64. The molecule has 202 valence electrons. The summed E-state index contributed by atoms with van der Waals surface area (Å²) in [5.74, 6) is 0.434. The Labute approximate surface area is 240 Å². The third kappa shape index (κ3) is 5.69. The Kier molecular flexibility index (Phi) is 9.02. The number of amides is 1. The lowest BCUT2D eigenvalue weighted by Gasteiger charge is -2.37. The quantitative estimate of drug-likeness (QED) is 0.239. The first-order chi connectivity index (χ1) is 18.5. The molecule has 39 heavy (non-hydrogen) atoms. The molecule has 0 radical (unpaired) electrons. The number of ether oxygens (including phenoxy) is 1. The standard InChI is InChI=1S/C32H33N3O3.BrH/c1-24-34(22-30(36)38-23-25-11-5-2-6-12-25)19-20-35(24)29-18-17-28(21-29)32(31(33)37,26-13-7-3-8-14-26)27-15-9-4-10-16-27;/h2-16,19-20,28-29H,17-18,21-23H2,1H3,(H-,33,37);1H. The van der Waals surface area contributed by atoms with Gasteiger partial charge in [-0.3, -0.25) is 4.79 Å². The summed E-state index contributed by atoms with van der Waals surface area (Å²) >= 11 is 0. The van der Waals surface area contributed by atoms with Crippen molar-refractivity contribution in [1.82, 2.24) is 4.57 Å². The number of hydrogen-bond donors (Lipinski definition) is 1. The Morgan fingerprint density at radius 3 is 2.05 bits per heavy atom. The molecule has 1 heterocycles. The number of halogens is 1. The van der Waals surface area contributed by atoms with Crippen molar-refractivity contribution in [2.45, 2.75) is 50.8 Å². The maximum Gasteiger partial charge on any atom is 0.348 e. The lowest BCUT2D eigenvalue weighted by molar-refractivity contribution is -0.691. The summed E-state index contributed by atoms with van der Waals surface area (Å²) in [6, 6.07) is 29.7. The highest BCUT2D eigenvalue weighted by Gasteiger charge is 2.51. The van der Waals surface area contributed by atoms with Gasteiger partial charge in [-0.25, -0.2) is 13.9 Å². The first-order valence-electron chi connectivity index (χ1n) is 13.2. The van der Waals surface area contributed by atoms with E-state index in [0.29, 0.717) is 0 Å². The normalized spacial score (nSPS) is 16.8. The largest absolute Gasteiger partial charge is 1.00 e. The fraction of sp³-hybridized carbons (Fsp3) is 0.281. The molecule has 2 atom stereocenters. The minimum Gasteiger partial charge on any atom is -1.00 e. The highest BCUT2D eigenvalue weighted by molar-refractivity contribution is 5.91. The van der Waals surface area contributed by atoms with E-state index < -0.39 is 5.41 Å². The summed E-state index contributed by atoms with van der Waals surface area (Å²) in [6.07, 6.45) is 6.56. The van der Waals surface area contributed by atoms with Crippen molar-refractivity contribution in [3.8, 4) is 0 Å². The number of benzene rings is 3. The van der Waals surface area contributed by atoms with Gasteiger partial charge in [-0.15, -0.1) is 0 Å². The monoisotopic (exact) mass is 587 g/mol. The van der Waals surface area contributed by atoms with Crippen molar-refractivity contribution in [2.75, 3.05) is 0 Å². The van der Waals surface area contributed by atoms with Gasteiger partial charge in [0.15, 0.2) is 6.54 Å². The Bertz CT molecular complexity index is 1350. The highest BCUT2D eigenvalue weighted by Crippen LogP contribution is 2.49. The molecule has 1 amide bonds. The zero-order chi connectivity index (χ0) is 26.5. The zero-order valence-corrected chi connectivity index (χ0v) is 23.7. The molecular weight excluding hydrogens is 554 g/mol. The smallest absolute Gasteiger partial charge is 0.348 e. The maximum absolute atomic E-state index is 13.4. The van der Waals surface area contributed by atoms with Gasteiger partial charge in [0, 0.05) is 6.92 Å². The molecule has 7 heteroatoms. The molecule has 5 rings (SSSR count). The van der Waals surface area contributed by atoms with Crippen LogP contribution in [0.25, 0.3) is 0 Å². The first-order valence-corrected chi connectivity index (χ1v) is 13.2. The van der Waals surface area contributed by atoms with Crippen LogP contribution in [0.4, 0.5) is 0 Å². The van der Waals surface area contributed by atoms with Gasteiger partial charge in [0.2, 0.25) is 5.91 Å². The van der Waals surface area contributed by atoms with Crippen LogP contribution in [0.2, 0.25) is 0 Å². The van der Waals surface area contributed by atoms with Crippen LogP contribution < -0.4 is 27.3 Å². The van der Waals surface area contributed by atoms with Crippen LogP contribution in [-0.4, -0.2) is 16.4 Å². The third-order valence-electron chi connectivity index (χ3n) is 8.00. The second-order valence-corrected chi connectivity index (χ2v) is 10.1. The Morgan fingerprint density at radius 2 is 1.49 bits per heavy atom. The number of rotatable bonds is 9. The van der Waals surface area contributed by atoms with E-state index >= 15 is 0 Å². The van der Waals surface area contributed by atoms with E-state index in [0.717, 1.165) is 41.8 Å². The average Bonchev–Trinajstić information content (AvgIpc) is 3.57. The molecule has 0 saturated heterocycles. The molecular formula is C32H34BrN3O3. The molecule has 1 aliphatic rings. The molecule has 0 bridgehead atoms. The molecule has 2 N–H and O–H groups in total. The second kappa shape index (κ2) is 12.4. The van der Waals surface area contributed by atoms with Crippen LogP contribution in [0.5, 0.6) is 0 Å².